The molecule has 3 rings (SSSR count). The monoisotopic (exact) mass is 356 g/mol. The predicted molar refractivity (Wildman–Crippen MR) is 78.1 cm³/mol. The van der Waals surface area contributed by atoms with E-state index in [4.69, 9.17) is 0 Å². The molecule has 1 aliphatic rings. The van der Waals surface area contributed by atoms with E-state index >= 15 is 0 Å². The Labute approximate surface area is 128 Å². The number of hydrogen-bond donors (Lipinski definition) is 1. The summed E-state index contributed by atoms with van der Waals surface area (Å²) in [6, 6.07) is 7.17. The van der Waals surface area contributed by atoms with Gasteiger partial charge in [0.2, 0.25) is 0 Å². The highest BCUT2D eigenvalue weighted by Crippen LogP contribution is 2.39. The van der Waals surface area contributed by atoms with Crippen molar-refractivity contribution >= 4 is 21.6 Å². The second kappa shape index (κ2) is 5.33. The van der Waals surface area contributed by atoms with Gasteiger partial charge in [0, 0.05) is 22.6 Å². The second-order valence-electron chi connectivity index (χ2n) is 5.00. The smallest absolute Gasteiger partial charge is 0.378 e. The molecule has 0 saturated heterocycles. The number of alkyl halides is 3. The van der Waals surface area contributed by atoms with E-state index in [0.29, 0.717) is 0 Å². The van der Waals surface area contributed by atoms with Crippen LogP contribution < -0.4 is 5.32 Å². The zero-order chi connectivity index (χ0) is 15.0. The van der Waals surface area contributed by atoms with Crippen LogP contribution in [0.5, 0.6) is 0 Å². The molecule has 1 unspecified atom stereocenters. The molecule has 2 nitrogen and oxygen atoms in total. The third-order valence-corrected chi connectivity index (χ3v) is 4.13. The van der Waals surface area contributed by atoms with Crippen LogP contribution in [0.15, 0.2) is 41.1 Å². The standard InChI is InChI=1S/C15H12BrF3N2/c16-10-2-3-11-9(7-10)1-4-13(11)21-14-5-6-20-8-12(14)15(17,18)19/h2-3,5-8,13H,1,4H2,(H,20,21). The fourth-order valence-corrected chi connectivity index (χ4v) is 3.08. The summed E-state index contributed by atoms with van der Waals surface area (Å²) in [4.78, 5) is 3.58. The molecule has 1 heterocycles. The Kier molecular flexibility index (Phi) is 3.65. The van der Waals surface area contributed by atoms with E-state index in [-0.39, 0.29) is 11.7 Å². The molecule has 1 atom stereocenters. The highest BCUT2D eigenvalue weighted by atomic mass is 79.9. The van der Waals surface area contributed by atoms with E-state index in [1.165, 1.54) is 17.8 Å². The maximum absolute atomic E-state index is 13.0. The molecule has 110 valence electrons. The summed E-state index contributed by atoms with van der Waals surface area (Å²) in [6.07, 6.45) is -0.531. The van der Waals surface area contributed by atoms with Crippen LogP contribution in [0.25, 0.3) is 0 Å². The number of halogens is 4. The average Bonchev–Trinajstić information content (AvgIpc) is 2.80. The van der Waals surface area contributed by atoms with Crippen molar-refractivity contribution in [2.75, 3.05) is 5.32 Å². The Morgan fingerprint density at radius 3 is 2.81 bits per heavy atom. The molecule has 0 radical (unpaired) electrons. The molecule has 1 N–H and O–H groups in total. The van der Waals surface area contributed by atoms with Gasteiger partial charge in [0.05, 0.1) is 11.6 Å². The first-order chi connectivity index (χ1) is 9.95. The van der Waals surface area contributed by atoms with E-state index in [9.17, 15) is 13.2 Å². The van der Waals surface area contributed by atoms with Crippen LogP contribution in [0, 0.1) is 0 Å². The lowest BCUT2D eigenvalue weighted by atomic mass is 10.1. The van der Waals surface area contributed by atoms with Crippen molar-refractivity contribution in [3.63, 3.8) is 0 Å². The topological polar surface area (TPSA) is 24.9 Å². The summed E-state index contributed by atoms with van der Waals surface area (Å²) in [5.74, 6) is 0. The number of benzene rings is 1. The minimum Gasteiger partial charge on any atom is -0.378 e. The molecule has 1 aliphatic carbocycles. The maximum atomic E-state index is 13.0. The van der Waals surface area contributed by atoms with Crippen LogP contribution in [0.2, 0.25) is 0 Å². The van der Waals surface area contributed by atoms with E-state index in [1.807, 2.05) is 18.2 Å². The summed E-state index contributed by atoms with van der Waals surface area (Å²) in [7, 11) is 0. The molecule has 21 heavy (non-hydrogen) atoms. The molecular weight excluding hydrogens is 345 g/mol. The summed E-state index contributed by atoms with van der Waals surface area (Å²) < 4.78 is 39.9. The molecule has 0 bridgehead atoms. The highest BCUT2D eigenvalue weighted by Gasteiger charge is 2.35. The first kappa shape index (κ1) is 14.4. The van der Waals surface area contributed by atoms with Crippen molar-refractivity contribution in [2.24, 2.45) is 0 Å². The van der Waals surface area contributed by atoms with Crippen molar-refractivity contribution in [3.05, 3.63) is 57.8 Å². The molecule has 0 saturated carbocycles. The van der Waals surface area contributed by atoms with Crippen LogP contribution >= 0.6 is 15.9 Å². The van der Waals surface area contributed by atoms with Crippen LogP contribution in [0.4, 0.5) is 18.9 Å². The number of nitrogens with one attached hydrogen (secondary N) is 1. The van der Waals surface area contributed by atoms with Crippen molar-refractivity contribution in [2.45, 2.75) is 25.1 Å². The zero-order valence-electron chi connectivity index (χ0n) is 10.9. The Balaban J connectivity index is 1.90. The molecule has 1 aromatic carbocycles. The predicted octanol–water partition coefficient (Wildman–Crippen LogP) is 4.96. The van der Waals surface area contributed by atoms with Gasteiger partial charge in [0.25, 0.3) is 0 Å². The Morgan fingerprint density at radius 1 is 1.24 bits per heavy atom. The minimum atomic E-state index is -4.41. The first-order valence-electron chi connectivity index (χ1n) is 6.51. The number of hydrogen-bond acceptors (Lipinski definition) is 2. The van der Waals surface area contributed by atoms with E-state index < -0.39 is 11.7 Å². The van der Waals surface area contributed by atoms with Gasteiger partial charge in [-0.25, -0.2) is 0 Å². The van der Waals surface area contributed by atoms with Gasteiger partial charge in [-0.15, -0.1) is 0 Å². The normalized spacial score (nSPS) is 17.6. The maximum Gasteiger partial charge on any atom is 0.419 e. The third kappa shape index (κ3) is 2.90. The quantitative estimate of drug-likeness (QED) is 0.822. The number of pyridine rings is 1. The van der Waals surface area contributed by atoms with Gasteiger partial charge in [-0.05, 0) is 42.2 Å². The summed E-state index contributed by atoms with van der Waals surface area (Å²) in [5, 5.41) is 3.02. The van der Waals surface area contributed by atoms with Crippen LogP contribution in [0.3, 0.4) is 0 Å². The fraction of sp³-hybridized carbons (Fsp3) is 0.267. The zero-order valence-corrected chi connectivity index (χ0v) is 12.5. The molecule has 0 amide bonds. The summed E-state index contributed by atoms with van der Waals surface area (Å²) in [5.41, 5.74) is 1.58. The lowest BCUT2D eigenvalue weighted by Gasteiger charge is -2.19. The average molecular weight is 357 g/mol. The van der Waals surface area contributed by atoms with Gasteiger partial charge in [0.15, 0.2) is 0 Å². The van der Waals surface area contributed by atoms with Gasteiger partial charge in [-0.2, -0.15) is 13.2 Å². The Bertz CT molecular complexity index is 670. The molecular formula is C15H12BrF3N2. The fourth-order valence-electron chi connectivity index (χ4n) is 2.67. The molecule has 0 fully saturated rings. The molecule has 0 spiro atoms. The molecule has 2 aromatic rings. The van der Waals surface area contributed by atoms with E-state index in [2.05, 4.69) is 26.2 Å². The first-order valence-corrected chi connectivity index (χ1v) is 7.30. The largest absolute Gasteiger partial charge is 0.419 e. The van der Waals surface area contributed by atoms with Crippen LogP contribution in [-0.4, -0.2) is 4.98 Å². The van der Waals surface area contributed by atoms with Crippen molar-refractivity contribution in [3.8, 4) is 0 Å². The SMILES string of the molecule is FC(F)(F)c1cnccc1NC1CCc2cc(Br)ccc21. The second-order valence-corrected chi connectivity index (χ2v) is 5.91. The van der Waals surface area contributed by atoms with Crippen LogP contribution in [-0.2, 0) is 12.6 Å². The third-order valence-electron chi connectivity index (χ3n) is 3.64. The lowest BCUT2D eigenvalue weighted by Crippen LogP contribution is -2.14. The number of aryl methyl sites for hydroxylation is 1. The number of anilines is 1. The number of rotatable bonds is 2. The van der Waals surface area contributed by atoms with Gasteiger partial charge in [-0.3, -0.25) is 4.98 Å². The number of aromatic nitrogens is 1. The summed E-state index contributed by atoms with van der Waals surface area (Å²) in [6.45, 7) is 0. The molecule has 0 aliphatic heterocycles. The van der Waals surface area contributed by atoms with Gasteiger partial charge >= 0.3 is 6.18 Å². The minimum absolute atomic E-state index is 0.0817. The summed E-state index contributed by atoms with van der Waals surface area (Å²) >= 11 is 3.41. The van der Waals surface area contributed by atoms with Crippen molar-refractivity contribution in [1.82, 2.24) is 4.98 Å². The molecule has 6 heteroatoms. The van der Waals surface area contributed by atoms with E-state index in [0.717, 1.165) is 29.1 Å². The van der Waals surface area contributed by atoms with Gasteiger partial charge < -0.3 is 5.32 Å². The lowest BCUT2D eigenvalue weighted by molar-refractivity contribution is -0.137. The van der Waals surface area contributed by atoms with E-state index in [1.54, 1.807) is 0 Å². The van der Waals surface area contributed by atoms with Gasteiger partial charge in [-0.1, -0.05) is 22.0 Å². The number of fused-ring (bicyclic) bond motifs is 1. The van der Waals surface area contributed by atoms with Crippen molar-refractivity contribution < 1.29 is 13.2 Å². The highest BCUT2D eigenvalue weighted by molar-refractivity contribution is 9.10. The van der Waals surface area contributed by atoms with Gasteiger partial charge in [0.1, 0.15) is 0 Å². The number of nitrogens with zero attached hydrogens (tertiary/aromatic N) is 1. The molecule has 1 aromatic heterocycles. The Hall–Kier alpha value is -1.56. The van der Waals surface area contributed by atoms with Crippen LogP contribution in [0.1, 0.15) is 29.2 Å². The van der Waals surface area contributed by atoms with Crippen molar-refractivity contribution in [1.29, 1.82) is 0 Å². The Morgan fingerprint density at radius 2 is 2.05 bits per heavy atom.